The highest BCUT2D eigenvalue weighted by atomic mass is 15.3. The second-order valence-electron chi connectivity index (χ2n) is 3.73. The zero-order valence-corrected chi connectivity index (χ0v) is 8.37. The zero-order chi connectivity index (χ0) is 9.68. The lowest BCUT2D eigenvalue weighted by Gasteiger charge is -2.26. The third kappa shape index (κ3) is 2.68. The Balaban J connectivity index is 2.37. The molecule has 0 saturated carbocycles. The maximum absolute atomic E-state index is 8.86. The number of hydrogen-bond donors (Lipinski definition) is 1. The number of likely N-dealkylation sites (tertiary alicyclic amines) is 1. The van der Waals surface area contributed by atoms with Crippen LogP contribution in [0.15, 0.2) is 0 Å². The van der Waals surface area contributed by atoms with Crippen molar-refractivity contribution < 1.29 is 0 Å². The molecule has 1 heterocycles. The van der Waals surface area contributed by atoms with E-state index in [2.05, 4.69) is 17.9 Å². The molecule has 1 fully saturated rings. The largest absolute Gasteiger partial charge is 0.316 e. The lowest BCUT2D eigenvalue weighted by Crippen LogP contribution is -2.44. The molecule has 0 bridgehead atoms. The van der Waals surface area contributed by atoms with E-state index in [-0.39, 0.29) is 12.2 Å². The van der Waals surface area contributed by atoms with E-state index in [4.69, 9.17) is 11.0 Å². The smallest absolute Gasteiger partial charge is 0.0990 e. The van der Waals surface area contributed by atoms with Crippen molar-refractivity contribution in [3.63, 3.8) is 0 Å². The van der Waals surface area contributed by atoms with Crippen molar-refractivity contribution in [2.75, 3.05) is 6.54 Å². The summed E-state index contributed by atoms with van der Waals surface area (Å²) in [6.07, 6.45) is 5.59. The molecule has 0 spiro atoms. The first-order valence-corrected chi connectivity index (χ1v) is 5.20. The Hall–Kier alpha value is -0.590. The number of nitrogens with two attached hydrogens (primary N) is 1. The Kier molecular flexibility index (Phi) is 4.20. The highest BCUT2D eigenvalue weighted by molar-refractivity contribution is 4.97. The summed E-state index contributed by atoms with van der Waals surface area (Å²) in [6, 6.07) is 2.39. The Labute approximate surface area is 80.5 Å². The third-order valence-corrected chi connectivity index (χ3v) is 2.72. The van der Waals surface area contributed by atoms with Gasteiger partial charge < -0.3 is 5.73 Å². The van der Waals surface area contributed by atoms with E-state index < -0.39 is 0 Å². The van der Waals surface area contributed by atoms with Gasteiger partial charge in [-0.1, -0.05) is 19.8 Å². The molecule has 13 heavy (non-hydrogen) atoms. The Morgan fingerprint density at radius 3 is 3.08 bits per heavy atom. The van der Waals surface area contributed by atoms with E-state index in [0.29, 0.717) is 0 Å². The van der Waals surface area contributed by atoms with Crippen LogP contribution in [0.3, 0.4) is 0 Å². The van der Waals surface area contributed by atoms with Crippen LogP contribution >= 0.6 is 0 Å². The monoisotopic (exact) mass is 181 g/mol. The van der Waals surface area contributed by atoms with Gasteiger partial charge in [0.1, 0.15) is 0 Å². The topological polar surface area (TPSA) is 53.0 Å². The number of nitrogens with zero attached hydrogens (tertiary/aromatic N) is 2. The van der Waals surface area contributed by atoms with Gasteiger partial charge in [-0.15, -0.1) is 0 Å². The van der Waals surface area contributed by atoms with Crippen LogP contribution < -0.4 is 5.73 Å². The van der Waals surface area contributed by atoms with Gasteiger partial charge in [0.15, 0.2) is 0 Å². The number of nitriles is 1. The van der Waals surface area contributed by atoms with Crippen LogP contribution in [0.25, 0.3) is 0 Å². The highest BCUT2D eigenvalue weighted by Gasteiger charge is 2.27. The summed E-state index contributed by atoms with van der Waals surface area (Å²) in [5.41, 5.74) is 6.01. The van der Waals surface area contributed by atoms with Crippen molar-refractivity contribution >= 4 is 0 Å². The van der Waals surface area contributed by atoms with Crippen LogP contribution in [0, 0.1) is 11.3 Å². The van der Waals surface area contributed by atoms with E-state index in [1.807, 2.05) is 0 Å². The van der Waals surface area contributed by atoms with Gasteiger partial charge >= 0.3 is 0 Å². The first-order valence-electron chi connectivity index (χ1n) is 5.20. The molecule has 2 unspecified atom stereocenters. The van der Waals surface area contributed by atoms with Crippen molar-refractivity contribution in [2.45, 2.75) is 51.2 Å². The molecule has 3 nitrogen and oxygen atoms in total. The molecule has 0 aromatic carbocycles. The van der Waals surface area contributed by atoms with Gasteiger partial charge in [0.05, 0.1) is 18.3 Å². The minimum Gasteiger partial charge on any atom is -0.316 e. The summed E-state index contributed by atoms with van der Waals surface area (Å²) in [5.74, 6) is 0. The highest BCUT2D eigenvalue weighted by Crippen LogP contribution is 2.19. The molecular formula is C10H19N3. The average molecular weight is 181 g/mol. The second kappa shape index (κ2) is 5.21. The molecule has 74 valence electrons. The van der Waals surface area contributed by atoms with Gasteiger partial charge in [-0.05, 0) is 19.3 Å². The minimum absolute atomic E-state index is 0.0758. The van der Waals surface area contributed by atoms with Crippen LogP contribution in [0.4, 0.5) is 0 Å². The predicted molar refractivity (Wildman–Crippen MR) is 52.8 cm³/mol. The van der Waals surface area contributed by atoms with Gasteiger partial charge in [-0.25, -0.2) is 0 Å². The van der Waals surface area contributed by atoms with Gasteiger partial charge in [0.25, 0.3) is 0 Å². The SMILES string of the molecule is CCCCC(N)N1CCCC1C#N. The van der Waals surface area contributed by atoms with E-state index in [1.54, 1.807) is 0 Å². The fourth-order valence-corrected chi connectivity index (χ4v) is 1.90. The summed E-state index contributed by atoms with van der Waals surface area (Å²) < 4.78 is 0. The van der Waals surface area contributed by atoms with E-state index in [9.17, 15) is 0 Å². The summed E-state index contributed by atoms with van der Waals surface area (Å²) in [4.78, 5) is 2.15. The Bertz CT molecular complexity index is 185. The molecule has 1 saturated heterocycles. The molecule has 0 aliphatic carbocycles. The first kappa shape index (κ1) is 10.5. The van der Waals surface area contributed by atoms with Crippen LogP contribution in [-0.4, -0.2) is 23.7 Å². The van der Waals surface area contributed by atoms with Crippen LogP contribution in [0.5, 0.6) is 0 Å². The normalized spacial score (nSPS) is 25.8. The molecule has 2 N–H and O–H groups in total. The van der Waals surface area contributed by atoms with E-state index in [0.717, 1.165) is 32.2 Å². The molecule has 2 atom stereocenters. The Morgan fingerprint density at radius 2 is 2.46 bits per heavy atom. The van der Waals surface area contributed by atoms with Crippen molar-refractivity contribution in [2.24, 2.45) is 5.73 Å². The van der Waals surface area contributed by atoms with E-state index >= 15 is 0 Å². The van der Waals surface area contributed by atoms with Gasteiger partial charge in [-0.3, -0.25) is 4.90 Å². The average Bonchev–Trinajstić information content (AvgIpc) is 2.61. The molecule has 1 aliphatic heterocycles. The number of unbranched alkanes of at least 4 members (excludes halogenated alkanes) is 1. The quantitative estimate of drug-likeness (QED) is 0.714. The zero-order valence-electron chi connectivity index (χ0n) is 8.37. The van der Waals surface area contributed by atoms with Gasteiger partial charge in [0.2, 0.25) is 0 Å². The third-order valence-electron chi connectivity index (χ3n) is 2.72. The number of hydrogen-bond acceptors (Lipinski definition) is 3. The van der Waals surface area contributed by atoms with Crippen LogP contribution in [-0.2, 0) is 0 Å². The van der Waals surface area contributed by atoms with Crippen LogP contribution in [0.2, 0.25) is 0 Å². The van der Waals surface area contributed by atoms with Gasteiger partial charge in [-0.2, -0.15) is 5.26 Å². The summed E-state index contributed by atoms with van der Waals surface area (Å²) in [7, 11) is 0. The molecule has 1 aliphatic rings. The van der Waals surface area contributed by atoms with E-state index in [1.165, 1.54) is 6.42 Å². The molecule has 0 aromatic rings. The van der Waals surface area contributed by atoms with Crippen molar-refractivity contribution in [1.82, 2.24) is 4.90 Å². The van der Waals surface area contributed by atoms with Crippen molar-refractivity contribution in [3.05, 3.63) is 0 Å². The lowest BCUT2D eigenvalue weighted by molar-refractivity contribution is 0.200. The maximum Gasteiger partial charge on any atom is 0.0990 e. The predicted octanol–water partition coefficient (Wildman–Crippen LogP) is 1.45. The molecular weight excluding hydrogens is 162 g/mol. The molecule has 3 heteroatoms. The van der Waals surface area contributed by atoms with Crippen LogP contribution in [0.1, 0.15) is 39.0 Å². The molecule has 0 radical (unpaired) electrons. The summed E-state index contributed by atoms with van der Waals surface area (Å²) in [5, 5.41) is 8.86. The molecule has 0 aromatic heterocycles. The fourth-order valence-electron chi connectivity index (χ4n) is 1.90. The second-order valence-corrected chi connectivity index (χ2v) is 3.73. The standard InChI is InChI=1S/C10H19N3/c1-2-3-6-10(12)13-7-4-5-9(13)8-11/h9-10H,2-7,12H2,1H3. The van der Waals surface area contributed by atoms with Crippen molar-refractivity contribution in [3.8, 4) is 6.07 Å². The summed E-state index contributed by atoms with van der Waals surface area (Å²) >= 11 is 0. The van der Waals surface area contributed by atoms with Crippen molar-refractivity contribution in [1.29, 1.82) is 5.26 Å². The fraction of sp³-hybridized carbons (Fsp3) is 0.900. The maximum atomic E-state index is 8.86. The number of rotatable bonds is 4. The summed E-state index contributed by atoms with van der Waals surface area (Å²) in [6.45, 7) is 3.17. The molecule has 0 amide bonds. The van der Waals surface area contributed by atoms with Gasteiger partial charge in [0, 0.05) is 6.54 Å². The minimum atomic E-state index is 0.0758. The Morgan fingerprint density at radius 1 is 1.69 bits per heavy atom. The first-order chi connectivity index (χ1) is 6.29. The lowest BCUT2D eigenvalue weighted by atomic mass is 10.2. The molecule has 1 rings (SSSR count).